The first-order chi connectivity index (χ1) is 9.36. The van der Waals surface area contributed by atoms with Crippen molar-refractivity contribution in [2.45, 2.75) is 38.1 Å². The molecule has 19 heavy (non-hydrogen) atoms. The van der Waals surface area contributed by atoms with Crippen molar-refractivity contribution in [3.63, 3.8) is 0 Å². The zero-order valence-electron chi connectivity index (χ0n) is 11.3. The van der Waals surface area contributed by atoms with E-state index in [0.717, 1.165) is 12.3 Å². The minimum Gasteiger partial charge on any atom is -0.271 e. The van der Waals surface area contributed by atoms with Crippen LogP contribution in [0.15, 0.2) is 42.5 Å². The number of nitrogens with one attached hydrogen (secondary N) is 1. The summed E-state index contributed by atoms with van der Waals surface area (Å²) in [5.41, 5.74) is 4.42. The van der Waals surface area contributed by atoms with E-state index in [1.165, 1.54) is 42.0 Å². The maximum absolute atomic E-state index is 5.74. The van der Waals surface area contributed by atoms with Crippen LogP contribution in [-0.4, -0.2) is 6.04 Å². The molecule has 1 unspecified atom stereocenters. The first kappa shape index (κ1) is 12.6. The molecule has 1 saturated carbocycles. The topological polar surface area (TPSA) is 38.0 Å². The van der Waals surface area contributed by atoms with Crippen molar-refractivity contribution in [1.29, 1.82) is 0 Å². The Bertz CT molecular complexity index is 540. The molecule has 0 amide bonds. The summed E-state index contributed by atoms with van der Waals surface area (Å²) in [6.07, 6.45) is 6.39. The molecule has 0 heterocycles. The summed E-state index contributed by atoms with van der Waals surface area (Å²) in [5, 5.41) is 2.68. The third-order valence-electron chi connectivity index (χ3n) is 4.42. The highest BCUT2D eigenvalue weighted by molar-refractivity contribution is 5.85. The van der Waals surface area contributed by atoms with Gasteiger partial charge in [0, 0.05) is 6.04 Å². The first-order valence-corrected chi connectivity index (χ1v) is 7.29. The van der Waals surface area contributed by atoms with Gasteiger partial charge in [0.2, 0.25) is 0 Å². The van der Waals surface area contributed by atoms with Crippen LogP contribution in [0, 0.1) is 5.92 Å². The highest BCUT2D eigenvalue weighted by atomic mass is 15.2. The fraction of sp³-hybridized carbons (Fsp3) is 0.412. The van der Waals surface area contributed by atoms with Crippen LogP contribution in [0.1, 0.15) is 31.2 Å². The van der Waals surface area contributed by atoms with Gasteiger partial charge in [0.25, 0.3) is 0 Å². The summed E-state index contributed by atoms with van der Waals surface area (Å²) >= 11 is 0. The zero-order valence-corrected chi connectivity index (χ0v) is 11.3. The van der Waals surface area contributed by atoms with E-state index in [1.54, 1.807) is 0 Å². The molecule has 2 heteroatoms. The monoisotopic (exact) mass is 254 g/mol. The Kier molecular flexibility index (Phi) is 3.81. The molecular formula is C17H22N2. The van der Waals surface area contributed by atoms with E-state index in [0.29, 0.717) is 6.04 Å². The number of fused-ring (bicyclic) bond motifs is 1. The van der Waals surface area contributed by atoms with E-state index < -0.39 is 0 Å². The van der Waals surface area contributed by atoms with Gasteiger partial charge in [0.1, 0.15) is 0 Å². The van der Waals surface area contributed by atoms with Crippen LogP contribution in [0.3, 0.4) is 0 Å². The molecule has 2 aromatic carbocycles. The van der Waals surface area contributed by atoms with Crippen molar-refractivity contribution < 1.29 is 0 Å². The molecule has 0 bridgehead atoms. The molecule has 0 spiro atoms. The van der Waals surface area contributed by atoms with Crippen LogP contribution in [0.4, 0.5) is 0 Å². The van der Waals surface area contributed by atoms with E-state index in [2.05, 4.69) is 47.9 Å². The minimum atomic E-state index is 0.399. The molecule has 100 valence electrons. The predicted octanol–water partition coefficient (Wildman–Crippen LogP) is 3.40. The van der Waals surface area contributed by atoms with Crippen molar-refractivity contribution in [3.8, 4) is 0 Å². The van der Waals surface area contributed by atoms with Crippen LogP contribution in [0.25, 0.3) is 10.8 Å². The molecule has 0 aliphatic heterocycles. The van der Waals surface area contributed by atoms with Gasteiger partial charge >= 0.3 is 0 Å². The Morgan fingerprint density at radius 2 is 1.89 bits per heavy atom. The minimum absolute atomic E-state index is 0.399. The molecule has 0 radical (unpaired) electrons. The Morgan fingerprint density at radius 3 is 2.63 bits per heavy atom. The lowest BCUT2D eigenvalue weighted by molar-refractivity contribution is 0.260. The Labute approximate surface area is 115 Å². The lowest BCUT2D eigenvalue weighted by Gasteiger charge is -2.29. The molecule has 0 aromatic heterocycles. The number of hydrazine groups is 1. The van der Waals surface area contributed by atoms with Gasteiger partial charge in [0.05, 0.1) is 0 Å². The lowest BCUT2D eigenvalue weighted by Crippen LogP contribution is -2.39. The van der Waals surface area contributed by atoms with Crippen LogP contribution < -0.4 is 11.3 Å². The molecule has 1 fully saturated rings. The van der Waals surface area contributed by atoms with Crippen molar-refractivity contribution in [1.82, 2.24) is 5.43 Å². The molecule has 1 aliphatic rings. The largest absolute Gasteiger partial charge is 0.271 e. The molecule has 3 rings (SSSR count). The SMILES string of the molecule is NNC(Cc1cccc2ccccc12)CC1CCC1. The molecule has 3 N–H and O–H groups in total. The average molecular weight is 254 g/mol. The Balaban J connectivity index is 1.79. The fourth-order valence-electron chi connectivity index (χ4n) is 3.08. The lowest BCUT2D eigenvalue weighted by atomic mass is 9.80. The second-order valence-electron chi connectivity index (χ2n) is 5.74. The quantitative estimate of drug-likeness (QED) is 0.634. The van der Waals surface area contributed by atoms with Crippen LogP contribution >= 0.6 is 0 Å². The number of benzene rings is 2. The van der Waals surface area contributed by atoms with Crippen LogP contribution in [-0.2, 0) is 6.42 Å². The van der Waals surface area contributed by atoms with Gasteiger partial charge in [-0.3, -0.25) is 11.3 Å². The van der Waals surface area contributed by atoms with Gasteiger partial charge in [0.15, 0.2) is 0 Å². The third kappa shape index (κ3) is 2.80. The van der Waals surface area contributed by atoms with Gasteiger partial charge < -0.3 is 0 Å². The summed E-state index contributed by atoms with van der Waals surface area (Å²) in [6.45, 7) is 0. The predicted molar refractivity (Wildman–Crippen MR) is 80.7 cm³/mol. The van der Waals surface area contributed by atoms with Crippen molar-refractivity contribution in [3.05, 3.63) is 48.0 Å². The highest BCUT2D eigenvalue weighted by Gasteiger charge is 2.21. The zero-order chi connectivity index (χ0) is 13.1. The second kappa shape index (κ2) is 5.72. The van der Waals surface area contributed by atoms with E-state index in [1.807, 2.05) is 0 Å². The van der Waals surface area contributed by atoms with E-state index in [4.69, 9.17) is 5.84 Å². The van der Waals surface area contributed by atoms with E-state index in [9.17, 15) is 0 Å². The van der Waals surface area contributed by atoms with Crippen LogP contribution in [0.5, 0.6) is 0 Å². The summed E-state index contributed by atoms with van der Waals surface area (Å²) in [7, 11) is 0. The molecular weight excluding hydrogens is 232 g/mol. The van der Waals surface area contributed by atoms with E-state index >= 15 is 0 Å². The number of hydrogen-bond acceptors (Lipinski definition) is 2. The first-order valence-electron chi connectivity index (χ1n) is 7.29. The number of rotatable bonds is 5. The van der Waals surface area contributed by atoms with Gasteiger partial charge in [-0.25, -0.2) is 0 Å². The maximum atomic E-state index is 5.74. The fourth-order valence-corrected chi connectivity index (χ4v) is 3.08. The third-order valence-corrected chi connectivity index (χ3v) is 4.42. The molecule has 2 aromatic rings. The molecule has 0 saturated heterocycles. The summed E-state index contributed by atoms with van der Waals surface area (Å²) in [4.78, 5) is 0. The van der Waals surface area contributed by atoms with Gasteiger partial charge in [-0.2, -0.15) is 0 Å². The average Bonchev–Trinajstić information content (AvgIpc) is 2.41. The van der Waals surface area contributed by atoms with Crippen molar-refractivity contribution in [2.75, 3.05) is 0 Å². The molecule has 1 aliphatic carbocycles. The van der Waals surface area contributed by atoms with Crippen LogP contribution in [0.2, 0.25) is 0 Å². The normalized spacial score (nSPS) is 17.3. The molecule has 2 nitrogen and oxygen atoms in total. The van der Waals surface area contributed by atoms with Gasteiger partial charge in [-0.05, 0) is 35.1 Å². The van der Waals surface area contributed by atoms with Crippen molar-refractivity contribution in [2.24, 2.45) is 11.8 Å². The standard InChI is InChI=1S/C17H22N2/c18-19-16(11-13-5-3-6-13)12-15-9-4-8-14-7-1-2-10-17(14)15/h1-2,4,7-10,13,16,19H,3,5-6,11-12,18H2. The maximum Gasteiger partial charge on any atom is 0.0253 e. The Morgan fingerprint density at radius 1 is 1.11 bits per heavy atom. The second-order valence-corrected chi connectivity index (χ2v) is 5.74. The van der Waals surface area contributed by atoms with Crippen molar-refractivity contribution >= 4 is 10.8 Å². The summed E-state index contributed by atoms with van der Waals surface area (Å²) in [5.74, 6) is 6.63. The van der Waals surface area contributed by atoms with E-state index in [-0.39, 0.29) is 0 Å². The summed E-state index contributed by atoms with van der Waals surface area (Å²) in [6, 6.07) is 15.5. The Hall–Kier alpha value is -1.38. The molecule has 1 atom stereocenters. The smallest absolute Gasteiger partial charge is 0.0253 e. The van der Waals surface area contributed by atoms with Gasteiger partial charge in [-0.1, -0.05) is 61.7 Å². The van der Waals surface area contributed by atoms with Gasteiger partial charge in [-0.15, -0.1) is 0 Å². The number of nitrogens with two attached hydrogens (primary N) is 1. The summed E-state index contributed by atoms with van der Waals surface area (Å²) < 4.78 is 0. The number of hydrogen-bond donors (Lipinski definition) is 2. The highest BCUT2D eigenvalue weighted by Crippen LogP contribution is 2.31.